The number of hydrogen-bond donors (Lipinski definition) is 2. The minimum atomic E-state index is -0.161. The molecule has 0 spiro atoms. The summed E-state index contributed by atoms with van der Waals surface area (Å²) in [5.41, 5.74) is 11.0. The van der Waals surface area contributed by atoms with Crippen molar-refractivity contribution in [1.29, 1.82) is 0 Å². The average molecular weight is 198 g/mol. The molecule has 0 aromatic heterocycles. The second-order valence-electron chi connectivity index (χ2n) is 4.82. The topological polar surface area (TPSA) is 69.1 Å². The molecule has 1 fully saturated rings. The molecule has 0 heterocycles. The van der Waals surface area contributed by atoms with Gasteiger partial charge in [0.05, 0.1) is 0 Å². The van der Waals surface area contributed by atoms with Crippen LogP contribution in [0.3, 0.4) is 0 Å². The van der Waals surface area contributed by atoms with E-state index in [0.29, 0.717) is 24.3 Å². The SMILES string of the molecule is CC(C)C1CCC(CN)C(C(N)=O)C1. The second kappa shape index (κ2) is 4.78. The van der Waals surface area contributed by atoms with Gasteiger partial charge in [-0.25, -0.2) is 0 Å². The Balaban J connectivity index is 2.62. The number of nitrogens with two attached hydrogens (primary N) is 2. The molecule has 14 heavy (non-hydrogen) atoms. The Bertz CT molecular complexity index is 203. The summed E-state index contributed by atoms with van der Waals surface area (Å²) in [4.78, 5) is 11.3. The first-order valence-electron chi connectivity index (χ1n) is 5.55. The summed E-state index contributed by atoms with van der Waals surface area (Å²) in [6.45, 7) is 5.02. The summed E-state index contributed by atoms with van der Waals surface area (Å²) in [6.07, 6.45) is 3.20. The van der Waals surface area contributed by atoms with Crippen molar-refractivity contribution in [2.45, 2.75) is 33.1 Å². The smallest absolute Gasteiger partial charge is 0.220 e. The number of primary amides is 1. The Morgan fingerprint density at radius 1 is 1.43 bits per heavy atom. The molecule has 4 N–H and O–H groups in total. The quantitative estimate of drug-likeness (QED) is 0.713. The first kappa shape index (κ1) is 11.5. The summed E-state index contributed by atoms with van der Waals surface area (Å²) in [6, 6.07) is 0. The summed E-state index contributed by atoms with van der Waals surface area (Å²) < 4.78 is 0. The van der Waals surface area contributed by atoms with E-state index in [9.17, 15) is 4.79 Å². The predicted octanol–water partition coefficient (Wildman–Crippen LogP) is 1.12. The molecule has 1 rings (SSSR count). The first-order valence-corrected chi connectivity index (χ1v) is 5.55. The maximum atomic E-state index is 11.3. The third kappa shape index (κ3) is 2.47. The summed E-state index contributed by atoms with van der Waals surface area (Å²) in [7, 11) is 0. The van der Waals surface area contributed by atoms with Gasteiger partial charge in [0.2, 0.25) is 5.91 Å². The van der Waals surface area contributed by atoms with Crippen molar-refractivity contribution in [3.8, 4) is 0 Å². The minimum Gasteiger partial charge on any atom is -0.369 e. The third-order valence-electron chi connectivity index (χ3n) is 3.64. The fraction of sp³-hybridized carbons (Fsp3) is 0.909. The van der Waals surface area contributed by atoms with Crippen LogP contribution in [0.15, 0.2) is 0 Å². The highest BCUT2D eigenvalue weighted by atomic mass is 16.1. The molecule has 0 aromatic rings. The van der Waals surface area contributed by atoms with Gasteiger partial charge in [0, 0.05) is 5.92 Å². The number of rotatable bonds is 3. The van der Waals surface area contributed by atoms with Crippen LogP contribution in [0.25, 0.3) is 0 Å². The second-order valence-corrected chi connectivity index (χ2v) is 4.82. The summed E-state index contributed by atoms with van der Waals surface area (Å²) >= 11 is 0. The zero-order valence-corrected chi connectivity index (χ0v) is 9.20. The van der Waals surface area contributed by atoms with E-state index < -0.39 is 0 Å². The molecule has 0 aromatic carbocycles. The van der Waals surface area contributed by atoms with E-state index in [1.54, 1.807) is 0 Å². The number of amides is 1. The molecule has 3 atom stereocenters. The molecule has 1 aliphatic rings. The lowest BCUT2D eigenvalue weighted by atomic mass is 9.70. The van der Waals surface area contributed by atoms with Crippen LogP contribution >= 0.6 is 0 Å². The van der Waals surface area contributed by atoms with Crippen LogP contribution in [0.2, 0.25) is 0 Å². The van der Waals surface area contributed by atoms with Gasteiger partial charge in [-0.2, -0.15) is 0 Å². The third-order valence-corrected chi connectivity index (χ3v) is 3.64. The Morgan fingerprint density at radius 3 is 2.50 bits per heavy atom. The zero-order chi connectivity index (χ0) is 10.7. The molecular formula is C11H22N2O. The first-order chi connectivity index (χ1) is 6.56. The van der Waals surface area contributed by atoms with Gasteiger partial charge in [0.1, 0.15) is 0 Å². The van der Waals surface area contributed by atoms with E-state index in [-0.39, 0.29) is 11.8 Å². The fourth-order valence-corrected chi connectivity index (χ4v) is 2.50. The number of carbonyl (C=O) groups is 1. The molecule has 0 radical (unpaired) electrons. The Labute approximate surface area is 86.2 Å². The molecule has 1 saturated carbocycles. The highest BCUT2D eigenvalue weighted by molar-refractivity contribution is 5.77. The van der Waals surface area contributed by atoms with E-state index in [4.69, 9.17) is 11.5 Å². The molecule has 0 saturated heterocycles. The van der Waals surface area contributed by atoms with E-state index in [0.717, 1.165) is 12.8 Å². The van der Waals surface area contributed by atoms with Crippen LogP contribution in [0, 0.1) is 23.7 Å². The normalized spacial score (nSPS) is 33.3. The van der Waals surface area contributed by atoms with Crippen LogP contribution in [0.4, 0.5) is 0 Å². The Hall–Kier alpha value is -0.570. The van der Waals surface area contributed by atoms with Crippen LogP contribution < -0.4 is 11.5 Å². The van der Waals surface area contributed by atoms with Crippen molar-refractivity contribution in [2.24, 2.45) is 35.1 Å². The van der Waals surface area contributed by atoms with Gasteiger partial charge < -0.3 is 11.5 Å². The van der Waals surface area contributed by atoms with Crippen LogP contribution in [-0.2, 0) is 4.79 Å². The Kier molecular flexibility index (Phi) is 3.93. The largest absolute Gasteiger partial charge is 0.369 e. The zero-order valence-electron chi connectivity index (χ0n) is 9.20. The van der Waals surface area contributed by atoms with E-state index in [1.807, 2.05) is 0 Å². The van der Waals surface area contributed by atoms with Crippen LogP contribution in [-0.4, -0.2) is 12.5 Å². The lowest BCUT2D eigenvalue weighted by Gasteiger charge is -2.35. The predicted molar refractivity (Wildman–Crippen MR) is 57.4 cm³/mol. The van der Waals surface area contributed by atoms with Gasteiger partial charge in [0.15, 0.2) is 0 Å². The highest BCUT2D eigenvalue weighted by Crippen LogP contribution is 2.36. The maximum absolute atomic E-state index is 11.3. The van der Waals surface area contributed by atoms with Gasteiger partial charge in [-0.15, -0.1) is 0 Å². The molecule has 3 nitrogen and oxygen atoms in total. The van der Waals surface area contributed by atoms with Gasteiger partial charge in [-0.1, -0.05) is 13.8 Å². The number of hydrogen-bond acceptors (Lipinski definition) is 2. The van der Waals surface area contributed by atoms with Crippen molar-refractivity contribution < 1.29 is 4.79 Å². The standard InChI is InChI=1S/C11H22N2O/c1-7(2)8-3-4-9(6-12)10(5-8)11(13)14/h7-10H,3-6,12H2,1-2H3,(H2,13,14). The number of carbonyl (C=O) groups excluding carboxylic acids is 1. The Morgan fingerprint density at radius 2 is 2.07 bits per heavy atom. The van der Waals surface area contributed by atoms with Crippen LogP contribution in [0.1, 0.15) is 33.1 Å². The average Bonchev–Trinajstić information content (AvgIpc) is 2.16. The van der Waals surface area contributed by atoms with E-state index in [2.05, 4.69) is 13.8 Å². The molecule has 0 bridgehead atoms. The molecule has 3 unspecified atom stereocenters. The molecular weight excluding hydrogens is 176 g/mol. The lowest BCUT2D eigenvalue weighted by molar-refractivity contribution is -0.125. The summed E-state index contributed by atoms with van der Waals surface area (Å²) in [5.74, 6) is 1.47. The lowest BCUT2D eigenvalue weighted by Crippen LogP contribution is -2.39. The van der Waals surface area contributed by atoms with Crippen molar-refractivity contribution in [3.05, 3.63) is 0 Å². The minimum absolute atomic E-state index is 0.0150. The molecule has 1 amide bonds. The maximum Gasteiger partial charge on any atom is 0.220 e. The van der Waals surface area contributed by atoms with Gasteiger partial charge >= 0.3 is 0 Å². The molecule has 0 aliphatic heterocycles. The van der Waals surface area contributed by atoms with Crippen LogP contribution in [0.5, 0.6) is 0 Å². The summed E-state index contributed by atoms with van der Waals surface area (Å²) in [5, 5.41) is 0. The van der Waals surface area contributed by atoms with Gasteiger partial charge in [-0.05, 0) is 43.6 Å². The van der Waals surface area contributed by atoms with Crippen molar-refractivity contribution in [3.63, 3.8) is 0 Å². The monoisotopic (exact) mass is 198 g/mol. The molecule has 82 valence electrons. The van der Waals surface area contributed by atoms with Crippen molar-refractivity contribution in [2.75, 3.05) is 6.54 Å². The highest BCUT2D eigenvalue weighted by Gasteiger charge is 2.34. The van der Waals surface area contributed by atoms with E-state index in [1.165, 1.54) is 6.42 Å². The van der Waals surface area contributed by atoms with Crippen molar-refractivity contribution in [1.82, 2.24) is 0 Å². The van der Waals surface area contributed by atoms with Gasteiger partial charge in [0.25, 0.3) is 0 Å². The van der Waals surface area contributed by atoms with Crippen molar-refractivity contribution >= 4 is 5.91 Å². The van der Waals surface area contributed by atoms with E-state index >= 15 is 0 Å². The molecule has 1 aliphatic carbocycles. The molecule has 3 heteroatoms. The van der Waals surface area contributed by atoms with Gasteiger partial charge in [-0.3, -0.25) is 4.79 Å². The fourth-order valence-electron chi connectivity index (χ4n) is 2.50.